The molecule has 0 aliphatic carbocycles. The highest BCUT2D eigenvalue weighted by Crippen LogP contribution is 2.19. The molecule has 8 heteroatoms. The summed E-state index contributed by atoms with van der Waals surface area (Å²) in [5.74, 6) is 0.716. The predicted molar refractivity (Wildman–Crippen MR) is 74.9 cm³/mol. The maximum absolute atomic E-state index is 12.5. The zero-order valence-corrected chi connectivity index (χ0v) is 12.5. The number of nitrogens with zero attached hydrogens (tertiary/aromatic N) is 4. The fourth-order valence-electron chi connectivity index (χ4n) is 2.62. The number of piperazine rings is 1. The van der Waals surface area contributed by atoms with Crippen LogP contribution in [0.5, 0.6) is 0 Å². The third-order valence-electron chi connectivity index (χ3n) is 3.91. The van der Waals surface area contributed by atoms with E-state index in [9.17, 15) is 9.59 Å². The molecule has 0 bridgehead atoms. The van der Waals surface area contributed by atoms with Gasteiger partial charge in [-0.25, -0.2) is 9.78 Å². The van der Waals surface area contributed by atoms with Gasteiger partial charge < -0.3 is 15.1 Å². The lowest BCUT2D eigenvalue weighted by Gasteiger charge is -2.35. The summed E-state index contributed by atoms with van der Waals surface area (Å²) in [5.41, 5.74) is -0.175. The predicted octanol–water partition coefficient (Wildman–Crippen LogP) is -0.0482. The number of H-pyrrole nitrogens is 1. The van der Waals surface area contributed by atoms with Crippen LogP contribution in [0.15, 0.2) is 0 Å². The van der Waals surface area contributed by atoms with Gasteiger partial charge in [0.2, 0.25) is 5.82 Å². The van der Waals surface area contributed by atoms with Gasteiger partial charge in [-0.05, 0) is 0 Å². The van der Waals surface area contributed by atoms with Crippen molar-refractivity contribution in [2.24, 2.45) is 0 Å². The van der Waals surface area contributed by atoms with Crippen LogP contribution in [0.4, 0.5) is 4.79 Å². The van der Waals surface area contributed by atoms with Crippen molar-refractivity contribution in [1.29, 1.82) is 0 Å². The first-order valence-electron chi connectivity index (χ1n) is 7.13. The molecular weight excluding hydrogens is 272 g/mol. The minimum absolute atomic E-state index is 0.0417. The molecule has 1 unspecified atom stereocenters. The molecule has 0 spiro atoms. The molecule has 1 aromatic rings. The number of aromatic nitrogens is 3. The van der Waals surface area contributed by atoms with Crippen LogP contribution >= 0.6 is 0 Å². The lowest BCUT2D eigenvalue weighted by molar-refractivity contribution is 0.0605. The van der Waals surface area contributed by atoms with Crippen molar-refractivity contribution in [3.63, 3.8) is 0 Å². The van der Waals surface area contributed by atoms with Crippen molar-refractivity contribution in [3.8, 4) is 0 Å². The molecular formula is C13H20N6O2. The van der Waals surface area contributed by atoms with Crippen LogP contribution in [-0.2, 0) is 5.41 Å². The number of hydrogen-bond acceptors (Lipinski definition) is 4. The Kier molecular flexibility index (Phi) is 3.11. The van der Waals surface area contributed by atoms with Gasteiger partial charge in [-0.2, -0.15) is 0 Å². The summed E-state index contributed by atoms with van der Waals surface area (Å²) < 4.78 is 0. The van der Waals surface area contributed by atoms with E-state index >= 15 is 0 Å². The second-order valence-corrected chi connectivity index (χ2v) is 6.54. The summed E-state index contributed by atoms with van der Waals surface area (Å²) >= 11 is 0. The van der Waals surface area contributed by atoms with Crippen LogP contribution in [0.1, 0.15) is 37.2 Å². The summed E-state index contributed by atoms with van der Waals surface area (Å²) in [4.78, 5) is 31.8. The quantitative estimate of drug-likeness (QED) is 0.759. The maximum Gasteiger partial charge on any atom is 0.317 e. The highest BCUT2D eigenvalue weighted by molar-refractivity contribution is 5.90. The van der Waals surface area contributed by atoms with E-state index in [-0.39, 0.29) is 29.2 Å². The van der Waals surface area contributed by atoms with Gasteiger partial charge in [-0.15, -0.1) is 5.10 Å². The minimum atomic E-state index is -0.180. The molecule has 1 aromatic heterocycles. The van der Waals surface area contributed by atoms with E-state index in [4.69, 9.17) is 0 Å². The Balaban J connectivity index is 1.71. The Morgan fingerprint density at radius 2 is 2.10 bits per heavy atom. The topological polar surface area (TPSA) is 94.2 Å². The fourth-order valence-corrected chi connectivity index (χ4v) is 2.62. The van der Waals surface area contributed by atoms with Crippen molar-refractivity contribution in [1.82, 2.24) is 30.3 Å². The average Bonchev–Trinajstić information content (AvgIpc) is 3.05. The molecule has 21 heavy (non-hydrogen) atoms. The third kappa shape index (κ3) is 2.45. The summed E-state index contributed by atoms with van der Waals surface area (Å²) in [7, 11) is 0. The summed E-state index contributed by atoms with van der Waals surface area (Å²) in [6.45, 7) is 8.21. The SMILES string of the molecule is CC(C)(C)c1nc(C(=O)N2CCN3C(=O)NCC3C2)n[nH]1. The van der Waals surface area contributed by atoms with Gasteiger partial charge in [0, 0.05) is 31.6 Å². The molecule has 8 nitrogen and oxygen atoms in total. The lowest BCUT2D eigenvalue weighted by atomic mass is 9.96. The van der Waals surface area contributed by atoms with E-state index in [1.165, 1.54) is 0 Å². The molecule has 0 saturated carbocycles. The molecule has 3 amide bonds. The normalized spacial score (nSPS) is 22.2. The first kappa shape index (κ1) is 13.8. The van der Waals surface area contributed by atoms with Gasteiger partial charge in [0.15, 0.2) is 0 Å². The van der Waals surface area contributed by atoms with Gasteiger partial charge in [0.25, 0.3) is 5.91 Å². The van der Waals surface area contributed by atoms with Crippen molar-refractivity contribution >= 4 is 11.9 Å². The van der Waals surface area contributed by atoms with Crippen molar-refractivity contribution < 1.29 is 9.59 Å². The molecule has 2 aliphatic rings. The van der Waals surface area contributed by atoms with Gasteiger partial charge in [-0.3, -0.25) is 9.89 Å². The number of fused-ring (bicyclic) bond motifs is 1. The zero-order chi connectivity index (χ0) is 15.2. The van der Waals surface area contributed by atoms with Crippen LogP contribution in [0.3, 0.4) is 0 Å². The molecule has 2 N–H and O–H groups in total. The maximum atomic E-state index is 12.5. The zero-order valence-electron chi connectivity index (χ0n) is 12.5. The van der Waals surface area contributed by atoms with Crippen LogP contribution in [0.2, 0.25) is 0 Å². The number of aromatic amines is 1. The molecule has 0 aromatic carbocycles. The highest BCUT2D eigenvalue weighted by Gasteiger charge is 2.38. The molecule has 0 radical (unpaired) electrons. The first-order valence-corrected chi connectivity index (χ1v) is 7.13. The second-order valence-electron chi connectivity index (χ2n) is 6.54. The molecule has 3 heterocycles. The number of amides is 3. The monoisotopic (exact) mass is 292 g/mol. The van der Waals surface area contributed by atoms with Crippen molar-refractivity contribution in [2.75, 3.05) is 26.2 Å². The van der Waals surface area contributed by atoms with E-state index in [0.29, 0.717) is 32.0 Å². The number of urea groups is 1. The van der Waals surface area contributed by atoms with E-state index in [2.05, 4.69) is 20.5 Å². The molecule has 2 saturated heterocycles. The molecule has 1 atom stereocenters. The second kappa shape index (κ2) is 4.71. The lowest BCUT2D eigenvalue weighted by Crippen LogP contribution is -2.53. The minimum Gasteiger partial charge on any atom is -0.336 e. The summed E-state index contributed by atoms with van der Waals surface area (Å²) in [6, 6.07) is 0.0104. The van der Waals surface area contributed by atoms with E-state index in [1.54, 1.807) is 9.80 Å². The summed E-state index contributed by atoms with van der Waals surface area (Å²) in [5, 5.41) is 9.66. The molecule has 3 rings (SSSR count). The van der Waals surface area contributed by atoms with E-state index in [1.807, 2.05) is 20.8 Å². The average molecular weight is 292 g/mol. The van der Waals surface area contributed by atoms with Crippen molar-refractivity contribution in [3.05, 3.63) is 11.6 Å². The summed E-state index contributed by atoms with van der Waals surface area (Å²) in [6.07, 6.45) is 0. The van der Waals surface area contributed by atoms with Crippen LogP contribution in [0.25, 0.3) is 0 Å². The van der Waals surface area contributed by atoms with Gasteiger partial charge >= 0.3 is 6.03 Å². The van der Waals surface area contributed by atoms with Gasteiger partial charge in [-0.1, -0.05) is 20.8 Å². The third-order valence-corrected chi connectivity index (χ3v) is 3.91. The molecule has 114 valence electrons. The number of rotatable bonds is 1. The number of carbonyl (C=O) groups excluding carboxylic acids is 2. The van der Waals surface area contributed by atoms with E-state index in [0.717, 1.165) is 0 Å². The Morgan fingerprint density at radius 3 is 2.76 bits per heavy atom. The van der Waals surface area contributed by atoms with Gasteiger partial charge in [0.05, 0.1) is 6.04 Å². The molecule has 2 aliphatic heterocycles. The Labute approximate surface area is 122 Å². The number of hydrogen-bond donors (Lipinski definition) is 2. The Bertz CT molecular complexity index is 575. The highest BCUT2D eigenvalue weighted by atomic mass is 16.2. The van der Waals surface area contributed by atoms with Crippen molar-refractivity contribution in [2.45, 2.75) is 32.2 Å². The van der Waals surface area contributed by atoms with Crippen LogP contribution in [-0.4, -0.2) is 69.1 Å². The fraction of sp³-hybridized carbons (Fsp3) is 0.692. The number of carbonyl (C=O) groups is 2. The Morgan fingerprint density at radius 1 is 1.33 bits per heavy atom. The Hall–Kier alpha value is -2.12. The largest absolute Gasteiger partial charge is 0.336 e. The first-order chi connectivity index (χ1) is 9.86. The molecule has 2 fully saturated rings. The van der Waals surface area contributed by atoms with Crippen LogP contribution < -0.4 is 5.32 Å². The van der Waals surface area contributed by atoms with Crippen LogP contribution in [0, 0.1) is 0 Å². The smallest absolute Gasteiger partial charge is 0.317 e. The number of nitrogens with one attached hydrogen (secondary N) is 2. The standard InChI is InChI=1S/C13H20N6O2/c1-13(2,3)11-15-9(16-17-11)10(20)18-4-5-19-8(7-18)6-14-12(19)21/h8H,4-7H2,1-3H3,(H,14,21)(H,15,16,17). The van der Waals surface area contributed by atoms with Gasteiger partial charge in [0.1, 0.15) is 5.82 Å². The van der Waals surface area contributed by atoms with E-state index < -0.39 is 0 Å².